The number of Topliss-reactive ketones (excluding diaryl/α,β-unsaturated/α-hetero) is 1. The average Bonchev–Trinajstić information content (AvgIpc) is 3.41. The predicted octanol–water partition coefficient (Wildman–Crippen LogP) is 2.94. The summed E-state index contributed by atoms with van der Waals surface area (Å²) in [5.74, 6) is -2.47. The Labute approximate surface area is 183 Å². The number of pyridine rings is 1. The van der Waals surface area contributed by atoms with Crippen LogP contribution in [0.25, 0.3) is 5.76 Å². The van der Waals surface area contributed by atoms with Crippen LogP contribution in [0.2, 0.25) is 0 Å². The number of aliphatic hydroxyl groups is 1. The van der Waals surface area contributed by atoms with Crippen molar-refractivity contribution < 1.29 is 23.8 Å². The van der Waals surface area contributed by atoms with Gasteiger partial charge in [-0.3, -0.25) is 14.6 Å². The molecule has 32 heavy (non-hydrogen) atoms. The van der Waals surface area contributed by atoms with Gasteiger partial charge in [-0.05, 0) is 42.3 Å². The molecule has 0 spiro atoms. The van der Waals surface area contributed by atoms with Crippen molar-refractivity contribution in [2.75, 3.05) is 13.7 Å². The van der Waals surface area contributed by atoms with E-state index < -0.39 is 29.3 Å². The number of likely N-dealkylation sites (tertiary alicyclic amines) is 1. The summed E-state index contributed by atoms with van der Waals surface area (Å²) in [4.78, 5) is 35.4. The second-order valence-electron chi connectivity index (χ2n) is 7.27. The molecule has 0 radical (unpaired) electrons. The molecule has 1 aliphatic rings. The molecule has 4 rings (SSSR count). The van der Waals surface area contributed by atoms with E-state index in [0.717, 1.165) is 6.07 Å². The molecule has 0 saturated carbocycles. The summed E-state index contributed by atoms with van der Waals surface area (Å²) in [6.07, 6.45) is 8.80. The van der Waals surface area contributed by atoms with Gasteiger partial charge in [-0.2, -0.15) is 0 Å². The van der Waals surface area contributed by atoms with E-state index in [9.17, 15) is 19.1 Å². The largest absolute Gasteiger partial charge is 0.507 e. The van der Waals surface area contributed by atoms with Crippen molar-refractivity contribution in [1.29, 1.82) is 0 Å². The second-order valence-corrected chi connectivity index (χ2v) is 7.27. The minimum atomic E-state index is -0.839. The van der Waals surface area contributed by atoms with Gasteiger partial charge in [-0.25, -0.2) is 9.37 Å². The van der Waals surface area contributed by atoms with Crippen molar-refractivity contribution >= 4 is 17.4 Å². The lowest BCUT2D eigenvalue weighted by molar-refractivity contribution is -0.139. The maximum Gasteiger partial charge on any atom is 0.295 e. The minimum Gasteiger partial charge on any atom is -0.507 e. The first-order chi connectivity index (χ1) is 15.5. The fourth-order valence-electron chi connectivity index (χ4n) is 3.86. The van der Waals surface area contributed by atoms with Crippen molar-refractivity contribution in [3.63, 3.8) is 0 Å². The number of nitrogens with zero attached hydrogens (tertiary/aromatic N) is 4. The first-order valence-corrected chi connectivity index (χ1v) is 9.99. The van der Waals surface area contributed by atoms with Gasteiger partial charge in [0.15, 0.2) is 0 Å². The van der Waals surface area contributed by atoms with Crippen molar-refractivity contribution in [1.82, 2.24) is 19.4 Å². The zero-order valence-electron chi connectivity index (χ0n) is 17.3. The number of hydrogen-bond acceptors (Lipinski definition) is 6. The van der Waals surface area contributed by atoms with Crippen LogP contribution in [0.4, 0.5) is 4.39 Å². The molecule has 0 aliphatic carbocycles. The Kier molecular flexibility index (Phi) is 5.98. The lowest BCUT2D eigenvalue weighted by Gasteiger charge is -2.25. The Bertz CT molecular complexity index is 1160. The zero-order valence-corrected chi connectivity index (χ0v) is 17.3. The van der Waals surface area contributed by atoms with E-state index in [2.05, 4.69) is 9.97 Å². The molecule has 3 aromatic rings. The Balaban J connectivity index is 1.76. The van der Waals surface area contributed by atoms with Crippen LogP contribution in [0.1, 0.15) is 23.6 Å². The molecule has 1 N–H and O–H groups in total. The highest BCUT2D eigenvalue weighted by atomic mass is 19.1. The first-order valence-electron chi connectivity index (χ1n) is 9.99. The maximum atomic E-state index is 13.9. The topological polar surface area (TPSA) is 97.6 Å². The van der Waals surface area contributed by atoms with Gasteiger partial charge in [0.2, 0.25) is 0 Å². The van der Waals surface area contributed by atoms with Gasteiger partial charge in [-0.15, -0.1) is 0 Å². The lowest BCUT2D eigenvalue weighted by Crippen LogP contribution is -2.31. The number of benzene rings is 1. The van der Waals surface area contributed by atoms with Crippen LogP contribution >= 0.6 is 0 Å². The molecule has 2 aromatic heterocycles. The quantitative estimate of drug-likeness (QED) is 0.348. The third-order valence-electron chi connectivity index (χ3n) is 5.35. The highest BCUT2D eigenvalue weighted by Crippen LogP contribution is 2.40. The summed E-state index contributed by atoms with van der Waals surface area (Å²) < 4.78 is 21.0. The number of imidazole rings is 1. The molecule has 1 fully saturated rings. The van der Waals surface area contributed by atoms with E-state index in [1.165, 1.54) is 24.1 Å². The van der Waals surface area contributed by atoms with Gasteiger partial charge in [0.25, 0.3) is 11.7 Å². The number of amides is 1. The fraction of sp³-hybridized carbons (Fsp3) is 0.217. The molecular weight excluding hydrogens is 415 g/mol. The van der Waals surface area contributed by atoms with Crippen LogP contribution in [0.15, 0.2) is 67.0 Å². The summed E-state index contributed by atoms with van der Waals surface area (Å²) in [7, 11) is 1.37. The number of aromatic nitrogens is 3. The Morgan fingerprint density at radius 1 is 1.12 bits per heavy atom. The SMILES string of the molecule is COc1ccc(F)cc1/C(O)=C1\C(=O)C(=O)N(CCCn2ccnc2)C1c1ccncc1. The van der Waals surface area contributed by atoms with Crippen molar-refractivity contribution in [3.05, 3.63) is 84.0 Å². The van der Waals surface area contributed by atoms with Gasteiger partial charge >= 0.3 is 0 Å². The number of carbonyl (C=O) groups is 2. The van der Waals surface area contributed by atoms with Crippen LogP contribution in [0.5, 0.6) is 5.75 Å². The molecule has 164 valence electrons. The molecule has 1 atom stereocenters. The molecule has 1 saturated heterocycles. The number of aryl methyl sites for hydroxylation is 1. The van der Waals surface area contributed by atoms with Crippen molar-refractivity contribution in [3.8, 4) is 5.75 Å². The second kappa shape index (κ2) is 9.01. The highest BCUT2D eigenvalue weighted by molar-refractivity contribution is 6.46. The number of aliphatic hydroxyl groups excluding tert-OH is 1. The summed E-state index contributed by atoms with van der Waals surface area (Å²) in [5, 5.41) is 11.1. The van der Waals surface area contributed by atoms with E-state index in [1.807, 2.05) is 10.8 Å². The van der Waals surface area contributed by atoms with Gasteiger partial charge in [-0.1, -0.05) is 0 Å². The molecule has 9 heteroatoms. The summed E-state index contributed by atoms with van der Waals surface area (Å²) >= 11 is 0. The number of carbonyl (C=O) groups excluding carboxylic acids is 2. The van der Waals surface area contributed by atoms with E-state index in [0.29, 0.717) is 18.5 Å². The van der Waals surface area contributed by atoms with Crippen LogP contribution in [0, 0.1) is 5.82 Å². The molecule has 8 nitrogen and oxygen atoms in total. The highest BCUT2D eigenvalue weighted by Gasteiger charge is 2.46. The normalized spacial score (nSPS) is 17.7. The third kappa shape index (κ3) is 3.96. The van der Waals surface area contributed by atoms with Gasteiger partial charge in [0.05, 0.1) is 30.6 Å². The molecule has 1 amide bonds. The number of ether oxygens (including phenoxy) is 1. The van der Waals surface area contributed by atoms with Gasteiger partial charge < -0.3 is 19.3 Å². The number of hydrogen-bond donors (Lipinski definition) is 1. The molecular formula is C23H21FN4O4. The zero-order chi connectivity index (χ0) is 22.7. The number of ketones is 1. The van der Waals surface area contributed by atoms with Crippen molar-refractivity contribution in [2.24, 2.45) is 0 Å². The third-order valence-corrected chi connectivity index (χ3v) is 5.35. The van der Waals surface area contributed by atoms with Crippen molar-refractivity contribution in [2.45, 2.75) is 19.0 Å². The molecule has 3 heterocycles. The summed E-state index contributed by atoms with van der Waals surface area (Å²) in [5.41, 5.74) is 0.495. The molecule has 1 aromatic carbocycles. The van der Waals surface area contributed by atoms with Crippen LogP contribution in [-0.2, 0) is 16.1 Å². The average molecular weight is 436 g/mol. The van der Waals surface area contributed by atoms with Gasteiger partial charge in [0.1, 0.15) is 17.3 Å². The Hall–Kier alpha value is -4.01. The standard InChI is InChI=1S/C23H21FN4O4/c1-32-18-4-3-16(24)13-17(18)21(29)19-20(15-5-7-25-8-6-15)28(23(31)22(19)30)11-2-10-27-12-9-26-14-27/h3-9,12-14,20,29H,2,10-11H2,1H3/b21-19+. The summed E-state index contributed by atoms with van der Waals surface area (Å²) in [6, 6.07) is 6.13. The molecule has 1 unspecified atom stereocenters. The monoisotopic (exact) mass is 436 g/mol. The van der Waals surface area contributed by atoms with E-state index in [1.54, 1.807) is 37.1 Å². The van der Waals surface area contributed by atoms with Crippen LogP contribution < -0.4 is 4.74 Å². The van der Waals surface area contributed by atoms with Gasteiger partial charge in [0, 0.05) is 37.9 Å². The fourth-order valence-corrected chi connectivity index (χ4v) is 3.86. The summed E-state index contributed by atoms with van der Waals surface area (Å²) in [6.45, 7) is 0.872. The predicted molar refractivity (Wildman–Crippen MR) is 113 cm³/mol. The first kappa shape index (κ1) is 21.2. The molecule has 1 aliphatic heterocycles. The van der Waals surface area contributed by atoms with E-state index >= 15 is 0 Å². The Morgan fingerprint density at radius 3 is 2.59 bits per heavy atom. The smallest absolute Gasteiger partial charge is 0.295 e. The van der Waals surface area contributed by atoms with E-state index in [4.69, 9.17) is 4.74 Å². The lowest BCUT2D eigenvalue weighted by atomic mass is 9.95. The number of rotatable bonds is 7. The Morgan fingerprint density at radius 2 is 1.91 bits per heavy atom. The minimum absolute atomic E-state index is 0.00275. The van der Waals surface area contributed by atoms with E-state index in [-0.39, 0.29) is 23.4 Å². The molecule has 0 bridgehead atoms. The van der Waals surface area contributed by atoms with Crippen LogP contribution in [0.3, 0.4) is 0 Å². The number of methoxy groups -OCH3 is 1. The maximum absolute atomic E-state index is 13.9. The number of halogens is 1. The van der Waals surface area contributed by atoms with Crippen LogP contribution in [-0.4, -0.2) is 49.9 Å².